The van der Waals surface area contributed by atoms with Gasteiger partial charge in [0, 0.05) is 65.1 Å². The third-order valence-corrected chi connectivity index (χ3v) is 16.4. The number of hydrogen-bond donors (Lipinski definition) is 0. The van der Waals surface area contributed by atoms with Crippen LogP contribution in [0.4, 0.5) is 68.2 Å². The molecule has 0 saturated heterocycles. The Hall–Kier alpha value is -7.90. The summed E-state index contributed by atoms with van der Waals surface area (Å²) in [4.78, 5) is 14.5. The van der Waals surface area contributed by atoms with Gasteiger partial charge >= 0.3 is 0 Å². The Morgan fingerprint density at radius 3 is 0.959 bits per heavy atom. The van der Waals surface area contributed by atoms with E-state index in [4.69, 9.17) is 0 Å². The summed E-state index contributed by atoms with van der Waals surface area (Å²) in [5.41, 5.74) is 18.8. The molecule has 74 heavy (non-hydrogen) atoms. The van der Waals surface area contributed by atoms with Gasteiger partial charge in [-0.1, -0.05) is 174 Å². The first-order valence-corrected chi connectivity index (χ1v) is 27.1. The van der Waals surface area contributed by atoms with E-state index in [1.54, 1.807) is 0 Å². The van der Waals surface area contributed by atoms with Gasteiger partial charge in [-0.3, -0.25) is 0 Å². The molecular weight excluding hydrogens is 937 g/mol. The number of para-hydroxylation sites is 4. The van der Waals surface area contributed by atoms with Crippen LogP contribution in [0, 0.1) is 0 Å². The SMILES string of the molecule is CC(C)(C)c1ccc(N2c3ccccc3Sc3cc(N(c4ccccc4)c4ccc(-c5ccc(N(c6ccccc6)c6ccc7c(c6)Sc6ccccc6N7c6ccc(C(C)(C)C)cc6)cc5)cc4)ccc32)cc1. The van der Waals surface area contributed by atoms with Crippen LogP contribution in [-0.2, 0) is 10.8 Å². The predicted molar refractivity (Wildman–Crippen MR) is 316 cm³/mol. The molecule has 12 rings (SSSR count). The average Bonchev–Trinajstić information content (AvgIpc) is 3.43. The van der Waals surface area contributed by atoms with Crippen LogP contribution in [0.5, 0.6) is 0 Å². The van der Waals surface area contributed by atoms with E-state index in [9.17, 15) is 0 Å². The van der Waals surface area contributed by atoms with Crippen LogP contribution < -0.4 is 19.6 Å². The number of fused-ring (bicyclic) bond motifs is 4. The van der Waals surface area contributed by atoms with Crippen molar-refractivity contribution < 1.29 is 0 Å². The molecule has 0 spiro atoms. The van der Waals surface area contributed by atoms with Crippen molar-refractivity contribution in [2.24, 2.45) is 0 Å². The van der Waals surface area contributed by atoms with E-state index < -0.39 is 0 Å². The van der Waals surface area contributed by atoms with Crippen LogP contribution in [0.15, 0.2) is 262 Å². The molecule has 10 aromatic carbocycles. The molecule has 2 aliphatic heterocycles. The summed E-state index contributed by atoms with van der Waals surface area (Å²) < 4.78 is 0. The van der Waals surface area contributed by atoms with Crippen LogP contribution in [0.1, 0.15) is 52.7 Å². The van der Waals surface area contributed by atoms with E-state index in [0.29, 0.717) is 0 Å². The highest BCUT2D eigenvalue weighted by molar-refractivity contribution is 8.00. The van der Waals surface area contributed by atoms with Crippen molar-refractivity contribution in [2.45, 2.75) is 72.0 Å². The molecule has 0 aromatic heterocycles. The lowest BCUT2D eigenvalue weighted by molar-refractivity contribution is 0.590. The zero-order valence-electron chi connectivity index (χ0n) is 42.7. The van der Waals surface area contributed by atoms with Crippen molar-refractivity contribution in [1.82, 2.24) is 0 Å². The van der Waals surface area contributed by atoms with E-state index in [1.165, 1.54) is 53.5 Å². The molecule has 0 aliphatic carbocycles. The van der Waals surface area contributed by atoms with Gasteiger partial charge in [-0.15, -0.1) is 0 Å². The molecule has 0 saturated carbocycles. The Labute approximate surface area is 445 Å². The molecule has 362 valence electrons. The van der Waals surface area contributed by atoms with Crippen molar-refractivity contribution in [3.05, 3.63) is 254 Å². The molecule has 0 fully saturated rings. The van der Waals surface area contributed by atoms with Gasteiger partial charge in [-0.2, -0.15) is 0 Å². The first-order chi connectivity index (χ1) is 35.9. The fraction of sp³-hybridized carbons (Fsp3) is 0.118. The highest BCUT2D eigenvalue weighted by Gasteiger charge is 2.29. The fourth-order valence-corrected chi connectivity index (χ4v) is 12.4. The second kappa shape index (κ2) is 19.2. The number of rotatable bonds is 9. The number of anilines is 12. The molecule has 10 aromatic rings. The van der Waals surface area contributed by atoms with Crippen molar-refractivity contribution >= 4 is 91.8 Å². The number of nitrogens with zero attached hydrogens (tertiary/aromatic N) is 4. The molecule has 2 aliphatic rings. The van der Waals surface area contributed by atoms with Gasteiger partial charge in [0.1, 0.15) is 0 Å². The molecule has 2 heterocycles. The highest BCUT2D eigenvalue weighted by Crippen LogP contribution is 2.55. The Bertz CT molecular complexity index is 3380. The van der Waals surface area contributed by atoms with Crippen LogP contribution >= 0.6 is 23.5 Å². The minimum atomic E-state index is 0.0811. The van der Waals surface area contributed by atoms with Gasteiger partial charge < -0.3 is 19.6 Å². The summed E-state index contributed by atoms with van der Waals surface area (Å²) in [6, 6.07) is 88.9. The molecule has 0 N–H and O–H groups in total. The molecule has 0 radical (unpaired) electrons. The number of hydrogen-bond acceptors (Lipinski definition) is 6. The topological polar surface area (TPSA) is 13.0 Å². The van der Waals surface area contributed by atoms with Crippen molar-refractivity contribution in [2.75, 3.05) is 19.6 Å². The lowest BCUT2D eigenvalue weighted by atomic mass is 9.87. The number of benzene rings is 10. The lowest BCUT2D eigenvalue weighted by Crippen LogP contribution is -2.17. The quantitative estimate of drug-likeness (QED) is 0.142. The van der Waals surface area contributed by atoms with Crippen LogP contribution in [0.2, 0.25) is 0 Å². The normalized spacial score (nSPS) is 12.8. The van der Waals surface area contributed by atoms with Gasteiger partial charge in [0.15, 0.2) is 0 Å². The summed E-state index contributed by atoms with van der Waals surface area (Å²) in [6.45, 7) is 13.6. The van der Waals surface area contributed by atoms with Gasteiger partial charge in [-0.05, 0) is 167 Å². The molecule has 6 heteroatoms. The summed E-state index contributed by atoms with van der Waals surface area (Å²) in [5.74, 6) is 0. The molecule has 0 bridgehead atoms. The maximum absolute atomic E-state index is 2.41. The van der Waals surface area contributed by atoms with E-state index in [0.717, 1.165) is 56.6 Å². The second-order valence-corrected chi connectivity index (χ2v) is 23.3. The van der Waals surface area contributed by atoms with Gasteiger partial charge in [0.25, 0.3) is 0 Å². The van der Waals surface area contributed by atoms with E-state index in [2.05, 4.69) is 304 Å². The summed E-state index contributed by atoms with van der Waals surface area (Å²) in [5, 5.41) is 0. The first kappa shape index (κ1) is 47.1. The Morgan fingerprint density at radius 2 is 0.595 bits per heavy atom. The Morgan fingerprint density at radius 1 is 0.284 bits per heavy atom. The molecule has 0 unspecified atom stereocenters. The van der Waals surface area contributed by atoms with Crippen molar-refractivity contribution in [3.63, 3.8) is 0 Å². The summed E-state index contributed by atoms with van der Waals surface area (Å²) in [7, 11) is 0. The maximum atomic E-state index is 2.41. The molecular formula is C68H58N4S2. The van der Waals surface area contributed by atoms with Gasteiger partial charge in [0.05, 0.1) is 22.7 Å². The summed E-state index contributed by atoms with van der Waals surface area (Å²) >= 11 is 3.68. The predicted octanol–water partition coefficient (Wildman–Crippen LogP) is 20.8. The smallest absolute Gasteiger partial charge is 0.0603 e. The van der Waals surface area contributed by atoms with Crippen LogP contribution in [0.3, 0.4) is 0 Å². The molecule has 0 atom stereocenters. The zero-order valence-corrected chi connectivity index (χ0v) is 44.3. The van der Waals surface area contributed by atoms with Crippen LogP contribution in [-0.4, -0.2) is 0 Å². The Kier molecular flexibility index (Phi) is 12.2. The molecule has 0 amide bonds. The standard InChI is InChI=1S/C68H58N4S2/c1-67(2,3)49-29-37-55(38-30-49)71-59-21-13-15-23-63(59)73-65-45-57(41-43-61(65)71)69(51-17-9-7-10-18-51)53-33-25-47(26-34-53)48-27-35-54(36-28-48)70(52-19-11-8-12-20-52)58-42-44-62-66(46-58)74-64-24-16-14-22-60(64)72(62)56-39-31-50(32-40-56)68(4,5)6/h7-46H,1-6H3. The van der Waals surface area contributed by atoms with Crippen LogP contribution in [0.25, 0.3) is 11.1 Å². The monoisotopic (exact) mass is 994 g/mol. The minimum absolute atomic E-state index is 0.0811. The molecule has 4 nitrogen and oxygen atoms in total. The highest BCUT2D eigenvalue weighted by atomic mass is 32.2. The largest absolute Gasteiger partial charge is 0.310 e. The van der Waals surface area contributed by atoms with Gasteiger partial charge in [-0.25, -0.2) is 0 Å². The zero-order chi connectivity index (χ0) is 50.6. The maximum Gasteiger partial charge on any atom is 0.0603 e. The van der Waals surface area contributed by atoms with Crippen molar-refractivity contribution in [3.8, 4) is 11.1 Å². The van der Waals surface area contributed by atoms with E-state index in [1.807, 2.05) is 23.5 Å². The third kappa shape index (κ3) is 9.03. The third-order valence-electron chi connectivity index (χ3n) is 14.1. The van der Waals surface area contributed by atoms with E-state index in [-0.39, 0.29) is 10.8 Å². The van der Waals surface area contributed by atoms with E-state index >= 15 is 0 Å². The van der Waals surface area contributed by atoms with Crippen molar-refractivity contribution in [1.29, 1.82) is 0 Å². The first-order valence-electron chi connectivity index (χ1n) is 25.5. The Balaban J connectivity index is 0.854. The van der Waals surface area contributed by atoms with Gasteiger partial charge in [0.2, 0.25) is 0 Å². The average molecular weight is 995 g/mol. The minimum Gasteiger partial charge on any atom is -0.310 e. The lowest BCUT2D eigenvalue weighted by Gasteiger charge is -2.34. The second-order valence-electron chi connectivity index (χ2n) is 21.1. The summed E-state index contributed by atoms with van der Waals surface area (Å²) in [6.07, 6.45) is 0. The fourth-order valence-electron chi connectivity index (χ4n) is 10.2.